The van der Waals surface area contributed by atoms with Crippen molar-refractivity contribution >= 4 is 11.8 Å². The quantitative estimate of drug-likeness (QED) is 0.830. The van der Waals surface area contributed by atoms with Crippen molar-refractivity contribution in [1.82, 2.24) is 5.32 Å². The van der Waals surface area contributed by atoms with Crippen molar-refractivity contribution in [3.05, 3.63) is 34.9 Å². The van der Waals surface area contributed by atoms with Crippen LogP contribution in [0, 0.1) is 13.8 Å². The Balaban J connectivity index is 2.69. The molecule has 0 aliphatic carbocycles. The molecule has 1 rings (SSSR count). The Morgan fingerprint density at radius 2 is 1.89 bits per heavy atom. The van der Waals surface area contributed by atoms with Gasteiger partial charge in [0.25, 0.3) is 0 Å². The summed E-state index contributed by atoms with van der Waals surface area (Å²) >= 11 is 2.05. The Morgan fingerprint density at radius 1 is 1.21 bits per heavy atom. The van der Waals surface area contributed by atoms with Crippen LogP contribution in [0.1, 0.15) is 44.4 Å². The minimum atomic E-state index is 0.343. The Bertz CT molecular complexity index is 393. The highest BCUT2D eigenvalue weighted by Gasteiger charge is 2.16. The monoisotopic (exact) mass is 279 g/mol. The molecular formula is C17H29NS. The largest absolute Gasteiger partial charge is 0.313 e. The summed E-state index contributed by atoms with van der Waals surface area (Å²) in [6.07, 6.45) is 1.13. The Kier molecular flexibility index (Phi) is 6.41. The standard InChI is InChI=1S/C17H29NS/c1-7-18-16(12-19-17(4,5)6)11-15-10-13(2)8-9-14(15)3/h8-10,16,18H,7,11-12H2,1-6H3. The SMILES string of the molecule is CCNC(CSC(C)(C)C)Cc1cc(C)ccc1C. The summed E-state index contributed by atoms with van der Waals surface area (Å²) in [7, 11) is 0. The highest BCUT2D eigenvalue weighted by molar-refractivity contribution is 8.00. The summed E-state index contributed by atoms with van der Waals surface area (Å²) in [5, 5.41) is 3.63. The summed E-state index contributed by atoms with van der Waals surface area (Å²) in [6, 6.07) is 7.34. The lowest BCUT2D eigenvalue weighted by molar-refractivity contribution is 0.569. The molecule has 0 aromatic heterocycles. The molecule has 0 aliphatic rings. The zero-order chi connectivity index (χ0) is 14.5. The number of benzene rings is 1. The number of thioether (sulfide) groups is 1. The predicted octanol–water partition coefficient (Wildman–Crippen LogP) is 4.36. The van der Waals surface area contributed by atoms with Gasteiger partial charge in [0.1, 0.15) is 0 Å². The average Bonchev–Trinajstić information content (AvgIpc) is 2.30. The minimum absolute atomic E-state index is 0.343. The number of rotatable bonds is 6. The second-order valence-corrected chi connectivity index (χ2v) is 8.16. The van der Waals surface area contributed by atoms with E-state index < -0.39 is 0 Å². The maximum Gasteiger partial charge on any atom is 0.0198 e. The van der Waals surface area contributed by atoms with E-state index >= 15 is 0 Å². The van der Waals surface area contributed by atoms with Crippen molar-refractivity contribution < 1.29 is 0 Å². The van der Waals surface area contributed by atoms with Gasteiger partial charge in [-0.15, -0.1) is 0 Å². The second kappa shape index (κ2) is 7.35. The number of nitrogens with one attached hydrogen (secondary N) is 1. The van der Waals surface area contributed by atoms with Gasteiger partial charge in [-0.3, -0.25) is 0 Å². The van der Waals surface area contributed by atoms with Gasteiger partial charge in [-0.05, 0) is 37.9 Å². The summed E-state index contributed by atoms with van der Waals surface area (Å²) in [5.74, 6) is 1.17. The van der Waals surface area contributed by atoms with Crippen LogP contribution in [0.15, 0.2) is 18.2 Å². The van der Waals surface area contributed by atoms with Crippen LogP contribution in [0.4, 0.5) is 0 Å². The highest BCUT2D eigenvalue weighted by Crippen LogP contribution is 2.25. The molecule has 19 heavy (non-hydrogen) atoms. The van der Waals surface area contributed by atoms with Gasteiger partial charge in [0.15, 0.2) is 0 Å². The van der Waals surface area contributed by atoms with Crippen molar-refractivity contribution in [3.63, 3.8) is 0 Å². The first-order valence-electron chi connectivity index (χ1n) is 7.25. The Labute approximate surface area is 123 Å². The van der Waals surface area contributed by atoms with Crippen molar-refractivity contribution in [2.45, 2.75) is 58.8 Å². The molecule has 0 spiro atoms. The van der Waals surface area contributed by atoms with E-state index in [-0.39, 0.29) is 0 Å². The van der Waals surface area contributed by atoms with Crippen LogP contribution < -0.4 is 5.32 Å². The van der Waals surface area contributed by atoms with Crippen LogP contribution in [0.25, 0.3) is 0 Å². The van der Waals surface area contributed by atoms with Crippen LogP contribution in [-0.2, 0) is 6.42 Å². The molecular weight excluding hydrogens is 250 g/mol. The van der Waals surface area contributed by atoms with E-state index in [4.69, 9.17) is 0 Å². The van der Waals surface area contributed by atoms with E-state index in [2.05, 4.69) is 65.1 Å². The predicted molar refractivity (Wildman–Crippen MR) is 89.3 cm³/mol. The van der Waals surface area contributed by atoms with Gasteiger partial charge in [0, 0.05) is 16.5 Å². The molecule has 0 saturated heterocycles. The summed E-state index contributed by atoms with van der Waals surface area (Å²) < 4.78 is 0.343. The molecule has 0 fully saturated rings. The second-order valence-electron chi connectivity index (χ2n) is 6.31. The van der Waals surface area contributed by atoms with Gasteiger partial charge in [-0.25, -0.2) is 0 Å². The maximum atomic E-state index is 3.63. The van der Waals surface area contributed by atoms with Crippen molar-refractivity contribution in [2.24, 2.45) is 0 Å². The van der Waals surface area contributed by atoms with Gasteiger partial charge >= 0.3 is 0 Å². The first kappa shape index (κ1) is 16.6. The van der Waals surface area contributed by atoms with Gasteiger partial charge < -0.3 is 5.32 Å². The minimum Gasteiger partial charge on any atom is -0.313 e. The van der Waals surface area contributed by atoms with Crippen LogP contribution in [0.2, 0.25) is 0 Å². The first-order valence-corrected chi connectivity index (χ1v) is 8.24. The smallest absolute Gasteiger partial charge is 0.0198 e. The molecule has 1 N–H and O–H groups in total. The molecule has 2 heteroatoms. The molecule has 0 aliphatic heterocycles. The third-order valence-electron chi connectivity index (χ3n) is 3.18. The molecule has 0 radical (unpaired) electrons. The van der Waals surface area contributed by atoms with Crippen LogP contribution in [-0.4, -0.2) is 23.1 Å². The normalized spacial score (nSPS) is 13.6. The zero-order valence-electron chi connectivity index (χ0n) is 13.3. The molecule has 0 saturated carbocycles. The van der Waals surface area contributed by atoms with Crippen molar-refractivity contribution in [2.75, 3.05) is 12.3 Å². The third kappa shape index (κ3) is 6.49. The maximum absolute atomic E-state index is 3.63. The van der Waals surface area contributed by atoms with E-state index in [1.807, 2.05) is 11.8 Å². The van der Waals surface area contributed by atoms with E-state index in [1.54, 1.807) is 0 Å². The Morgan fingerprint density at radius 3 is 2.47 bits per heavy atom. The highest BCUT2D eigenvalue weighted by atomic mass is 32.2. The fraction of sp³-hybridized carbons (Fsp3) is 0.647. The molecule has 1 aromatic rings. The molecule has 0 heterocycles. The molecule has 108 valence electrons. The molecule has 1 aromatic carbocycles. The summed E-state index contributed by atoms with van der Waals surface area (Å²) in [4.78, 5) is 0. The van der Waals surface area contributed by atoms with Gasteiger partial charge in [-0.2, -0.15) is 11.8 Å². The fourth-order valence-electron chi connectivity index (χ4n) is 2.11. The zero-order valence-corrected chi connectivity index (χ0v) is 14.2. The number of hydrogen-bond acceptors (Lipinski definition) is 2. The van der Waals surface area contributed by atoms with Crippen LogP contribution >= 0.6 is 11.8 Å². The lowest BCUT2D eigenvalue weighted by atomic mass is 9.99. The van der Waals surface area contributed by atoms with Crippen molar-refractivity contribution in [1.29, 1.82) is 0 Å². The van der Waals surface area contributed by atoms with Crippen LogP contribution in [0.5, 0.6) is 0 Å². The Hall–Kier alpha value is -0.470. The van der Waals surface area contributed by atoms with Crippen LogP contribution in [0.3, 0.4) is 0 Å². The molecule has 0 bridgehead atoms. The molecule has 1 atom stereocenters. The molecule has 0 amide bonds. The van der Waals surface area contributed by atoms with E-state index in [1.165, 1.54) is 22.4 Å². The van der Waals surface area contributed by atoms with E-state index in [0.29, 0.717) is 10.8 Å². The number of hydrogen-bond donors (Lipinski definition) is 1. The number of aryl methyl sites for hydroxylation is 2. The third-order valence-corrected chi connectivity index (χ3v) is 4.62. The number of likely N-dealkylation sites (N-methyl/N-ethyl adjacent to an activating group) is 1. The van der Waals surface area contributed by atoms with Crippen molar-refractivity contribution in [3.8, 4) is 0 Å². The lowest BCUT2D eigenvalue weighted by Crippen LogP contribution is -2.34. The first-order chi connectivity index (χ1) is 8.81. The van der Waals surface area contributed by atoms with E-state index in [9.17, 15) is 0 Å². The van der Waals surface area contributed by atoms with Gasteiger partial charge in [0.2, 0.25) is 0 Å². The average molecular weight is 279 g/mol. The fourth-order valence-corrected chi connectivity index (χ4v) is 3.05. The lowest BCUT2D eigenvalue weighted by Gasteiger charge is -2.24. The summed E-state index contributed by atoms with van der Waals surface area (Å²) in [5.41, 5.74) is 4.26. The molecule has 1 unspecified atom stereocenters. The van der Waals surface area contributed by atoms with Gasteiger partial charge in [-0.1, -0.05) is 51.5 Å². The van der Waals surface area contributed by atoms with E-state index in [0.717, 1.165) is 13.0 Å². The molecule has 1 nitrogen and oxygen atoms in total. The summed E-state index contributed by atoms with van der Waals surface area (Å²) in [6.45, 7) is 14.5. The topological polar surface area (TPSA) is 12.0 Å². The van der Waals surface area contributed by atoms with Gasteiger partial charge in [0.05, 0.1) is 0 Å².